The van der Waals surface area contributed by atoms with Gasteiger partial charge in [0, 0.05) is 27.6 Å². The fourth-order valence-electron chi connectivity index (χ4n) is 1.66. The minimum atomic E-state index is 0.0667. The molecule has 0 saturated carbocycles. The summed E-state index contributed by atoms with van der Waals surface area (Å²) in [5, 5.41) is 0.749. The fraction of sp³-hybridized carbons (Fsp3) is 0.214. The molecule has 1 heterocycles. The van der Waals surface area contributed by atoms with E-state index in [1.54, 1.807) is 11.8 Å². The second-order valence-electron chi connectivity index (χ2n) is 4.22. The van der Waals surface area contributed by atoms with Crippen LogP contribution in [0.2, 0.25) is 5.02 Å². The number of pyridine rings is 1. The maximum absolute atomic E-state index is 5.96. The maximum Gasteiger partial charge on any atom is 0.0569 e. The Morgan fingerprint density at radius 1 is 1.37 bits per heavy atom. The van der Waals surface area contributed by atoms with E-state index >= 15 is 0 Å². The van der Waals surface area contributed by atoms with E-state index in [0.29, 0.717) is 0 Å². The zero-order valence-corrected chi connectivity index (χ0v) is 12.2. The lowest BCUT2D eigenvalue weighted by Gasteiger charge is -2.15. The third-order valence-electron chi connectivity index (χ3n) is 2.75. The van der Waals surface area contributed by atoms with Gasteiger partial charge in [-0.05, 0) is 36.8 Å². The van der Waals surface area contributed by atoms with E-state index in [4.69, 9.17) is 17.4 Å². The molecule has 19 heavy (non-hydrogen) atoms. The van der Waals surface area contributed by atoms with Crippen LogP contribution in [-0.4, -0.2) is 10.7 Å². The quantitative estimate of drug-likeness (QED) is 0.504. The number of thioether (sulfide) groups is 1. The molecule has 100 valence electrons. The smallest absolute Gasteiger partial charge is 0.0569 e. The number of hydrogen-bond acceptors (Lipinski definition) is 4. The first-order valence-electron chi connectivity index (χ1n) is 5.96. The summed E-state index contributed by atoms with van der Waals surface area (Å²) in [6, 6.07) is 11.9. The van der Waals surface area contributed by atoms with Crippen molar-refractivity contribution in [3.05, 3.63) is 58.9 Å². The fourth-order valence-corrected chi connectivity index (χ4v) is 2.95. The van der Waals surface area contributed by atoms with Crippen LogP contribution < -0.4 is 11.3 Å². The van der Waals surface area contributed by atoms with E-state index in [9.17, 15) is 0 Å². The van der Waals surface area contributed by atoms with Crippen LogP contribution in [0.3, 0.4) is 0 Å². The van der Waals surface area contributed by atoms with E-state index in [-0.39, 0.29) is 6.04 Å². The largest absolute Gasteiger partial charge is 0.271 e. The monoisotopic (exact) mass is 293 g/mol. The van der Waals surface area contributed by atoms with Gasteiger partial charge in [-0.1, -0.05) is 23.7 Å². The van der Waals surface area contributed by atoms with E-state index in [0.717, 1.165) is 26.9 Å². The molecule has 3 nitrogen and oxygen atoms in total. The van der Waals surface area contributed by atoms with Crippen molar-refractivity contribution in [2.45, 2.75) is 17.9 Å². The van der Waals surface area contributed by atoms with E-state index in [2.05, 4.69) is 10.4 Å². The van der Waals surface area contributed by atoms with Crippen LogP contribution in [0.15, 0.2) is 47.5 Å². The summed E-state index contributed by atoms with van der Waals surface area (Å²) in [5.41, 5.74) is 4.92. The number of nitrogens with one attached hydrogen (secondary N) is 1. The summed E-state index contributed by atoms with van der Waals surface area (Å²) in [6.07, 6.45) is 1.86. The summed E-state index contributed by atoms with van der Waals surface area (Å²) < 4.78 is 0. The average molecular weight is 294 g/mol. The van der Waals surface area contributed by atoms with Crippen molar-refractivity contribution in [1.29, 1.82) is 0 Å². The minimum absolute atomic E-state index is 0.0667. The van der Waals surface area contributed by atoms with Crippen LogP contribution in [0.25, 0.3) is 0 Å². The molecule has 0 spiro atoms. The molecule has 0 amide bonds. The number of nitrogens with zero attached hydrogens (tertiary/aromatic N) is 1. The molecular weight excluding hydrogens is 278 g/mol. The highest BCUT2D eigenvalue weighted by molar-refractivity contribution is 7.99. The minimum Gasteiger partial charge on any atom is -0.271 e. The Morgan fingerprint density at radius 3 is 2.84 bits per heavy atom. The van der Waals surface area contributed by atoms with Crippen molar-refractivity contribution in [3.63, 3.8) is 0 Å². The summed E-state index contributed by atoms with van der Waals surface area (Å²) in [4.78, 5) is 5.42. The highest BCUT2D eigenvalue weighted by Crippen LogP contribution is 2.26. The van der Waals surface area contributed by atoms with Gasteiger partial charge < -0.3 is 0 Å². The van der Waals surface area contributed by atoms with Crippen LogP contribution >= 0.6 is 23.4 Å². The molecule has 2 aromatic rings. The standard InChI is InChI=1S/C14H16ClN3S/c1-10-5-6-11(8-17-10)14(18-16)9-19-13-4-2-3-12(15)7-13/h2-8,14,18H,9,16H2,1H3. The van der Waals surface area contributed by atoms with Crippen molar-refractivity contribution in [3.8, 4) is 0 Å². The van der Waals surface area contributed by atoms with Gasteiger partial charge in [-0.15, -0.1) is 11.8 Å². The number of benzene rings is 1. The van der Waals surface area contributed by atoms with Crippen LogP contribution in [0, 0.1) is 6.92 Å². The molecule has 1 aromatic heterocycles. The molecule has 3 N–H and O–H groups in total. The van der Waals surface area contributed by atoms with Gasteiger partial charge >= 0.3 is 0 Å². The molecular formula is C14H16ClN3S. The number of halogens is 1. The summed E-state index contributed by atoms with van der Waals surface area (Å²) in [6.45, 7) is 1.97. The molecule has 0 bridgehead atoms. The SMILES string of the molecule is Cc1ccc(C(CSc2cccc(Cl)c2)NN)cn1. The molecule has 1 atom stereocenters. The number of rotatable bonds is 5. The average Bonchev–Trinajstić information content (AvgIpc) is 2.41. The Labute approximate surface area is 122 Å². The number of hydrazine groups is 1. The van der Waals surface area contributed by atoms with E-state index in [1.807, 2.05) is 49.5 Å². The van der Waals surface area contributed by atoms with Crippen molar-refractivity contribution in [2.75, 3.05) is 5.75 Å². The van der Waals surface area contributed by atoms with Crippen LogP contribution in [0.1, 0.15) is 17.3 Å². The van der Waals surface area contributed by atoms with Gasteiger partial charge in [0.15, 0.2) is 0 Å². The molecule has 0 aliphatic rings. The lowest BCUT2D eigenvalue weighted by atomic mass is 10.1. The molecule has 0 aliphatic carbocycles. The predicted octanol–water partition coefficient (Wildman–Crippen LogP) is 3.34. The zero-order chi connectivity index (χ0) is 13.7. The molecule has 0 fully saturated rings. The van der Waals surface area contributed by atoms with Crippen molar-refractivity contribution >= 4 is 23.4 Å². The Hall–Kier alpha value is -1.07. The topological polar surface area (TPSA) is 50.9 Å². The van der Waals surface area contributed by atoms with E-state index < -0.39 is 0 Å². The highest BCUT2D eigenvalue weighted by Gasteiger charge is 2.10. The van der Waals surface area contributed by atoms with Crippen molar-refractivity contribution in [2.24, 2.45) is 5.84 Å². The second-order valence-corrected chi connectivity index (χ2v) is 5.75. The summed E-state index contributed by atoms with van der Waals surface area (Å²) >= 11 is 7.68. The maximum atomic E-state index is 5.96. The molecule has 0 radical (unpaired) electrons. The van der Waals surface area contributed by atoms with Gasteiger partial charge in [0.25, 0.3) is 0 Å². The van der Waals surface area contributed by atoms with Gasteiger partial charge in [-0.25, -0.2) is 0 Å². The van der Waals surface area contributed by atoms with Crippen molar-refractivity contribution < 1.29 is 0 Å². The first kappa shape index (κ1) is 14.3. The van der Waals surface area contributed by atoms with Gasteiger partial charge in [0.2, 0.25) is 0 Å². The molecule has 0 saturated heterocycles. The van der Waals surface area contributed by atoms with Gasteiger partial charge in [0.1, 0.15) is 0 Å². The van der Waals surface area contributed by atoms with Gasteiger partial charge in [0.05, 0.1) is 6.04 Å². The Kier molecular flexibility index (Phi) is 5.22. The molecule has 1 unspecified atom stereocenters. The number of aromatic nitrogens is 1. The third-order valence-corrected chi connectivity index (χ3v) is 4.07. The van der Waals surface area contributed by atoms with Gasteiger partial charge in [-0.2, -0.15) is 0 Å². The normalized spacial score (nSPS) is 12.4. The van der Waals surface area contributed by atoms with Gasteiger partial charge in [-0.3, -0.25) is 16.3 Å². The Bertz CT molecular complexity index is 530. The molecule has 0 aliphatic heterocycles. The first-order chi connectivity index (χ1) is 9.19. The van der Waals surface area contributed by atoms with E-state index in [1.165, 1.54) is 0 Å². The molecule has 1 aromatic carbocycles. The van der Waals surface area contributed by atoms with Crippen LogP contribution in [-0.2, 0) is 0 Å². The van der Waals surface area contributed by atoms with Crippen LogP contribution in [0.4, 0.5) is 0 Å². The molecule has 2 rings (SSSR count). The van der Waals surface area contributed by atoms with Crippen LogP contribution in [0.5, 0.6) is 0 Å². The summed E-state index contributed by atoms with van der Waals surface area (Å²) in [5.74, 6) is 6.44. The lowest BCUT2D eigenvalue weighted by Crippen LogP contribution is -2.29. The highest BCUT2D eigenvalue weighted by atomic mass is 35.5. The zero-order valence-electron chi connectivity index (χ0n) is 10.6. The molecule has 5 heteroatoms. The number of aryl methyl sites for hydroxylation is 1. The first-order valence-corrected chi connectivity index (χ1v) is 7.32. The van der Waals surface area contributed by atoms with Crippen molar-refractivity contribution in [1.82, 2.24) is 10.4 Å². The number of hydrogen-bond donors (Lipinski definition) is 2. The second kappa shape index (κ2) is 6.91. The summed E-state index contributed by atoms with van der Waals surface area (Å²) in [7, 11) is 0. The number of nitrogens with two attached hydrogens (primary N) is 1. The lowest BCUT2D eigenvalue weighted by molar-refractivity contribution is 0.608. The Balaban J connectivity index is 2.01. The third kappa shape index (κ3) is 4.21. The Morgan fingerprint density at radius 2 is 2.21 bits per heavy atom. The predicted molar refractivity (Wildman–Crippen MR) is 81.2 cm³/mol.